The van der Waals surface area contributed by atoms with Gasteiger partial charge in [0, 0.05) is 0 Å². The maximum Gasteiger partial charge on any atom is 0.324 e. The lowest BCUT2D eigenvalue weighted by molar-refractivity contribution is -0.156. The molecule has 1 aliphatic rings. The van der Waals surface area contributed by atoms with E-state index in [1.807, 2.05) is 6.92 Å². The largest absolute Gasteiger partial charge is 0.480 e. The highest BCUT2D eigenvalue weighted by atomic mass is 16.4. The van der Waals surface area contributed by atoms with Gasteiger partial charge in [-0.3, -0.25) is 10.1 Å². The van der Waals surface area contributed by atoms with Gasteiger partial charge >= 0.3 is 5.97 Å². The Hall–Kier alpha value is -1.01. The summed E-state index contributed by atoms with van der Waals surface area (Å²) in [6, 6.07) is 0. The SMILES string of the molecule is C#CCNC1(C(=O)O)CC(C)C1C. The van der Waals surface area contributed by atoms with Crippen molar-refractivity contribution in [2.45, 2.75) is 25.8 Å². The molecule has 0 spiro atoms. The second kappa shape index (κ2) is 3.39. The molecule has 2 N–H and O–H groups in total. The van der Waals surface area contributed by atoms with Crippen molar-refractivity contribution < 1.29 is 9.90 Å². The highest BCUT2D eigenvalue weighted by molar-refractivity contribution is 5.80. The molecule has 0 bridgehead atoms. The Morgan fingerprint density at radius 1 is 1.77 bits per heavy atom. The number of terminal acetylenes is 1. The van der Waals surface area contributed by atoms with Crippen LogP contribution in [0.15, 0.2) is 0 Å². The van der Waals surface area contributed by atoms with Crippen LogP contribution in [0.4, 0.5) is 0 Å². The highest BCUT2D eigenvalue weighted by Gasteiger charge is 2.54. The first-order valence-corrected chi connectivity index (χ1v) is 4.46. The standard InChI is InChI=1S/C10H15NO2/c1-4-5-11-10(9(12)13)6-7(2)8(10)3/h1,7-8,11H,5-6H2,2-3H3,(H,12,13). The Morgan fingerprint density at radius 2 is 2.38 bits per heavy atom. The molecule has 0 aliphatic heterocycles. The van der Waals surface area contributed by atoms with E-state index in [0.717, 1.165) is 0 Å². The first-order valence-electron chi connectivity index (χ1n) is 4.46. The lowest BCUT2D eigenvalue weighted by Crippen LogP contribution is -2.66. The molecule has 0 heterocycles. The van der Waals surface area contributed by atoms with Crippen LogP contribution in [0.3, 0.4) is 0 Å². The summed E-state index contributed by atoms with van der Waals surface area (Å²) < 4.78 is 0. The molecule has 0 amide bonds. The van der Waals surface area contributed by atoms with Gasteiger partial charge in [0.25, 0.3) is 0 Å². The molecule has 13 heavy (non-hydrogen) atoms. The number of carboxylic acids is 1. The summed E-state index contributed by atoms with van der Waals surface area (Å²) in [7, 11) is 0. The minimum absolute atomic E-state index is 0.151. The van der Waals surface area contributed by atoms with Crippen LogP contribution < -0.4 is 5.32 Å². The maximum atomic E-state index is 11.0. The molecular weight excluding hydrogens is 166 g/mol. The number of hydrogen-bond donors (Lipinski definition) is 2. The van der Waals surface area contributed by atoms with Crippen molar-refractivity contribution in [1.29, 1.82) is 0 Å². The van der Waals surface area contributed by atoms with E-state index in [1.165, 1.54) is 0 Å². The van der Waals surface area contributed by atoms with E-state index in [9.17, 15) is 4.79 Å². The van der Waals surface area contributed by atoms with E-state index in [2.05, 4.69) is 18.2 Å². The number of rotatable bonds is 3. The molecule has 0 aromatic heterocycles. The molecule has 72 valence electrons. The van der Waals surface area contributed by atoms with Crippen LogP contribution in [0.5, 0.6) is 0 Å². The molecule has 1 aliphatic carbocycles. The molecule has 0 radical (unpaired) electrons. The zero-order valence-electron chi connectivity index (χ0n) is 8.00. The van der Waals surface area contributed by atoms with E-state index in [1.54, 1.807) is 0 Å². The Morgan fingerprint density at radius 3 is 2.69 bits per heavy atom. The average Bonchev–Trinajstić information content (AvgIpc) is 2.10. The van der Waals surface area contributed by atoms with Gasteiger partial charge in [-0.25, -0.2) is 0 Å². The van der Waals surface area contributed by atoms with Crippen molar-refractivity contribution in [3.8, 4) is 12.3 Å². The monoisotopic (exact) mass is 181 g/mol. The van der Waals surface area contributed by atoms with Crippen molar-refractivity contribution in [2.24, 2.45) is 11.8 Å². The van der Waals surface area contributed by atoms with Gasteiger partial charge in [0.1, 0.15) is 5.54 Å². The van der Waals surface area contributed by atoms with Crippen LogP contribution >= 0.6 is 0 Å². The number of aliphatic carboxylic acids is 1. The third-order valence-electron chi connectivity index (χ3n) is 3.16. The molecular formula is C10H15NO2. The Labute approximate surface area is 78.5 Å². The van der Waals surface area contributed by atoms with E-state index in [4.69, 9.17) is 11.5 Å². The summed E-state index contributed by atoms with van der Waals surface area (Å²) in [6.45, 7) is 4.33. The lowest BCUT2D eigenvalue weighted by Gasteiger charge is -2.49. The molecule has 3 heteroatoms. The minimum Gasteiger partial charge on any atom is -0.480 e. The van der Waals surface area contributed by atoms with Gasteiger partial charge in [0.15, 0.2) is 0 Å². The molecule has 0 aromatic carbocycles. The second-order valence-electron chi connectivity index (χ2n) is 3.80. The van der Waals surface area contributed by atoms with Crippen LogP contribution in [0.1, 0.15) is 20.3 Å². The summed E-state index contributed by atoms with van der Waals surface area (Å²) >= 11 is 0. The number of hydrogen-bond acceptors (Lipinski definition) is 2. The van der Waals surface area contributed by atoms with Gasteiger partial charge < -0.3 is 5.11 Å². The van der Waals surface area contributed by atoms with E-state index >= 15 is 0 Å². The average molecular weight is 181 g/mol. The second-order valence-corrected chi connectivity index (χ2v) is 3.80. The quantitative estimate of drug-likeness (QED) is 0.630. The maximum absolute atomic E-state index is 11.0. The fourth-order valence-corrected chi connectivity index (χ4v) is 2.00. The molecule has 3 atom stereocenters. The van der Waals surface area contributed by atoms with Crippen molar-refractivity contribution >= 4 is 5.97 Å². The van der Waals surface area contributed by atoms with Gasteiger partial charge in [-0.15, -0.1) is 6.42 Å². The van der Waals surface area contributed by atoms with Crippen molar-refractivity contribution in [2.75, 3.05) is 6.54 Å². The Kier molecular flexibility index (Phi) is 2.63. The van der Waals surface area contributed by atoms with Crippen LogP contribution in [-0.4, -0.2) is 23.2 Å². The number of nitrogens with one attached hydrogen (secondary N) is 1. The normalized spacial score (nSPS) is 37.6. The van der Waals surface area contributed by atoms with Crippen molar-refractivity contribution in [3.63, 3.8) is 0 Å². The predicted molar refractivity (Wildman–Crippen MR) is 50.1 cm³/mol. The molecule has 1 rings (SSSR count). The zero-order valence-corrected chi connectivity index (χ0v) is 8.00. The number of carboxylic acid groups (broad SMARTS) is 1. The van der Waals surface area contributed by atoms with E-state index in [-0.39, 0.29) is 5.92 Å². The molecule has 1 fully saturated rings. The Balaban J connectivity index is 2.69. The van der Waals surface area contributed by atoms with Crippen LogP contribution in [0.25, 0.3) is 0 Å². The molecule has 0 saturated heterocycles. The summed E-state index contributed by atoms with van der Waals surface area (Å²) in [5.74, 6) is 2.23. The van der Waals surface area contributed by atoms with Gasteiger partial charge in [-0.1, -0.05) is 19.8 Å². The first kappa shape index (κ1) is 10.1. The fraction of sp³-hybridized carbons (Fsp3) is 0.700. The smallest absolute Gasteiger partial charge is 0.324 e. The highest BCUT2D eigenvalue weighted by Crippen LogP contribution is 2.43. The third kappa shape index (κ3) is 1.42. The summed E-state index contributed by atoms with van der Waals surface area (Å²) in [5, 5.41) is 12.0. The molecule has 0 aromatic rings. The zero-order chi connectivity index (χ0) is 10.1. The summed E-state index contributed by atoms with van der Waals surface area (Å²) in [6.07, 6.45) is 5.76. The molecule has 3 nitrogen and oxygen atoms in total. The fourth-order valence-electron chi connectivity index (χ4n) is 2.00. The summed E-state index contributed by atoms with van der Waals surface area (Å²) in [4.78, 5) is 11.0. The molecule has 3 unspecified atom stereocenters. The van der Waals surface area contributed by atoms with Crippen molar-refractivity contribution in [1.82, 2.24) is 5.32 Å². The predicted octanol–water partition coefficient (Wildman–Crippen LogP) is 0.708. The number of carbonyl (C=O) groups is 1. The van der Waals surface area contributed by atoms with Gasteiger partial charge in [-0.05, 0) is 18.3 Å². The lowest BCUT2D eigenvalue weighted by atomic mass is 9.60. The van der Waals surface area contributed by atoms with Gasteiger partial charge in [0.05, 0.1) is 6.54 Å². The van der Waals surface area contributed by atoms with Crippen LogP contribution in [-0.2, 0) is 4.79 Å². The van der Waals surface area contributed by atoms with E-state index in [0.29, 0.717) is 18.9 Å². The topological polar surface area (TPSA) is 49.3 Å². The molecule has 1 saturated carbocycles. The minimum atomic E-state index is -0.784. The van der Waals surface area contributed by atoms with Crippen LogP contribution in [0.2, 0.25) is 0 Å². The Bertz CT molecular complexity index is 256. The van der Waals surface area contributed by atoms with Gasteiger partial charge in [0.2, 0.25) is 0 Å². The summed E-state index contributed by atoms with van der Waals surface area (Å²) in [5.41, 5.74) is -0.772. The van der Waals surface area contributed by atoms with E-state index < -0.39 is 11.5 Å². The van der Waals surface area contributed by atoms with Crippen LogP contribution in [0, 0.1) is 24.2 Å². The third-order valence-corrected chi connectivity index (χ3v) is 3.16. The van der Waals surface area contributed by atoms with Crippen molar-refractivity contribution in [3.05, 3.63) is 0 Å². The van der Waals surface area contributed by atoms with Gasteiger partial charge in [-0.2, -0.15) is 0 Å². The first-order chi connectivity index (χ1) is 6.04.